The first-order valence-corrected chi connectivity index (χ1v) is 7.61. The molecule has 2 N–H and O–H groups in total. The average molecular weight is 254 g/mol. The molecule has 0 aromatic heterocycles. The maximum Gasteiger partial charge on any atom is 0.0644 e. The lowest BCUT2D eigenvalue weighted by Crippen LogP contribution is -2.48. The molecule has 2 fully saturated rings. The van der Waals surface area contributed by atoms with Gasteiger partial charge in [-0.15, -0.1) is 0 Å². The molecule has 1 unspecified atom stereocenters. The van der Waals surface area contributed by atoms with E-state index in [0.717, 1.165) is 38.5 Å². The summed E-state index contributed by atoms with van der Waals surface area (Å²) in [6.45, 7) is 11.1. The molecule has 0 spiro atoms. The molecule has 1 aliphatic heterocycles. The first-order valence-electron chi connectivity index (χ1n) is 7.61. The Balaban J connectivity index is 1.77. The summed E-state index contributed by atoms with van der Waals surface area (Å²) in [4.78, 5) is 2.54. The second kappa shape index (κ2) is 5.48. The second-order valence-electron chi connectivity index (χ2n) is 7.09. The van der Waals surface area contributed by atoms with Crippen molar-refractivity contribution >= 4 is 0 Å². The lowest BCUT2D eigenvalue weighted by Gasteiger charge is -2.41. The van der Waals surface area contributed by atoms with Gasteiger partial charge in [-0.25, -0.2) is 0 Å². The van der Waals surface area contributed by atoms with E-state index < -0.39 is 5.60 Å². The van der Waals surface area contributed by atoms with Crippen LogP contribution in [0.2, 0.25) is 0 Å². The Morgan fingerprint density at radius 3 is 2.44 bits per heavy atom. The van der Waals surface area contributed by atoms with Crippen molar-refractivity contribution in [1.82, 2.24) is 10.2 Å². The van der Waals surface area contributed by atoms with Crippen molar-refractivity contribution in [2.45, 2.75) is 64.5 Å². The SMILES string of the molecule is CCC(C)(CNC1CC1)CN1CCC(C)(O)CC1. The third kappa shape index (κ3) is 4.22. The lowest BCUT2D eigenvalue weighted by atomic mass is 9.85. The molecule has 2 aliphatic rings. The largest absolute Gasteiger partial charge is 0.390 e. The van der Waals surface area contributed by atoms with Crippen molar-refractivity contribution in [3.05, 3.63) is 0 Å². The van der Waals surface area contributed by atoms with Gasteiger partial charge in [0.15, 0.2) is 0 Å². The molecule has 0 aromatic rings. The summed E-state index contributed by atoms with van der Waals surface area (Å²) in [5.74, 6) is 0. The number of hydrogen-bond donors (Lipinski definition) is 2. The van der Waals surface area contributed by atoms with E-state index in [9.17, 15) is 5.11 Å². The Labute approximate surface area is 112 Å². The Bertz CT molecular complexity index is 266. The zero-order chi connectivity index (χ0) is 13.2. The fourth-order valence-electron chi connectivity index (χ4n) is 2.70. The summed E-state index contributed by atoms with van der Waals surface area (Å²) in [6.07, 6.45) is 5.80. The minimum Gasteiger partial charge on any atom is -0.390 e. The molecule has 0 amide bonds. The van der Waals surface area contributed by atoms with Gasteiger partial charge in [0.1, 0.15) is 0 Å². The molecule has 3 heteroatoms. The predicted molar refractivity (Wildman–Crippen MR) is 75.7 cm³/mol. The lowest BCUT2D eigenvalue weighted by molar-refractivity contribution is -0.0149. The highest BCUT2D eigenvalue weighted by Gasteiger charge is 2.32. The van der Waals surface area contributed by atoms with Crippen LogP contribution in [0.4, 0.5) is 0 Å². The summed E-state index contributed by atoms with van der Waals surface area (Å²) in [5, 5.41) is 13.7. The highest BCUT2D eigenvalue weighted by Crippen LogP contribution is 2.28. The van der Waals surface area contributed by atoms with Gasteiger partial charge >= 0.3 is 0 Å². The Morgan fingerprint density at radius 2 is 1.94 bits per heavy atom. The fraction of sp³-hybridized carbons (Fsp3) is 1.00. The molecule has 0 bridgehead atoms. The molecule has 0 radical (unpaired) electrons. The van der Waals surface area contributed by atoms with Crippen LogP contribution in [-0.2, 0) is 0 Å². The molecule has 1 heterocycles. The summed E-state index contributed by atoms with van der Waals surface area (Å²) < 4.78 is 0. The minimum absolute atomic E-state index is 0.381. The maximum absolute atomic E-state index is 9.99. The highest BCUT2D eigenvalue weighted by molar-refractivity contribution is 4.89. The number of hydrogen-bond acceptors (Lipinski definition) is 3. The topological polar surface area (TPSA) is 35.5 Å². The first-order chi connectivity index (χ1) is 8.42. The van der Waals surface area contributed by atoms with Crippen LogP contribution >= 0.6 is 0 Å². The minimum atomic E-state index is -0.425. The predicted octanol–water partition coefficient (Wildman–Crippen LogP) is 2.00. The molecule has 1 atom stereocenters. The number of aliphatic hydroxyl groups is 1. The van der Waals surface area contributed by atoms with Gasteiger partial charge < -0.3 is 15.3 Å². The molecule has 1 saturated carbocycles. The summed E-state index contributed by atoms with van der Waals surface area (Å²) in [7, 11) is 0. The highest BCUT2D eigenvalue weighted by atomic mass is 16.3. The smallest absolute Gasteiger partial charge is 0.0644 e. The van der Waals surface area contributed by atoms with Crippen molar-refractivity contribution in [1.29, 1.82) is 0 Å². The van der Waals surface area contributed by atoms with Gasteiger partial charge in [0.2, 0.25) is 0 Å². The van der Waals surface area contributed by atoms with Crippen LogP contribution in [0.5, 0.6) is 0 Å². The van der Waals surface area contributed by atoms with Crippen molar-refractivity contribution in [2.24, 2.45) is 5.41 Å². The van der Waals surface area contributed by atoms with Crippen LogP contribution in [0, 0.1) is 5.41 Å². The molecular weight excluding hydrogens is 224 g/mol. The Hall–Kier alpha value is -0.120. The number of piperidine rings is 1. The quantitative estimate of drug-likeness (QED) is 0.761. The molecular formula is C15H30N2O. The third-order valence-corrected chi connectivity index (χ3v) is 4.79. The van der Waals surface area contributed by atoms with E-state index in [1.807, 2.05) is 6.92 Å². The van der Waals surface area contributed by atoms with Crippen LogP contribution < -0.4 is 5.32 Å². The summed E-state index contributed by atoms with van der Waals surface area (Å²) >= 11 is 0. The van der Waals surface area contributed by atoms with Gasteiger partial charge in [0.05, 0.1) is 5.60 Å². The zero-order valence-corrected chi connectivity index (χ0v) is 12.3. The van der Waals surface area contributed by atoms with Gasteiger partial charge in [0.25, 0.3) is 0 Å². The zero-order valence-electron chi connectivity index (χ0n) is 12.3. The fourth-order valence-corrected chi connectivity index (χ4v) is 2.70. The average Bonchev–Trinajstić information content (AvgIpc) is 3.14. The first kappa shape index (κ1) is 14.3. The molecule has 2 rings (SSSR count). The monoisotopic (exact) mass is 254 g/mol. The van der Waals surface area contributed by atoms with Crippen LogP contribution in [0.1, 0.15) is 52.9 Å². The van der Waals surface area contributed by atoms with Crippen molar-refractivity contribution in [2.75, 3.05) is 26.2 Å². The molecule has 1 saturated heterocycles. The van der Waals surface area contributed by atoms with Gasteiger partial charge in [-0.3, -0.25) is 0 Å². The van der Waals surface area contributed by atoms with Crippen LogP contribution in [0.3, 0.4) is 0 Å². The van der Waals surface area contributed by atoms with Crippen LogP contribution in [0.15, 0.2) is 0 Å². The van der Waals surface area contributed by atoms with Gasteiger partial charge in [-0.1, -0.05) is 13.8 Å². The normalized spacial score (nSPS) is 28.0. The summed E-state index contributed by atoms with van der Waals surface area (Å²) in [6, 6.07) is 0.804. The molecule has 0 aromatic carbocycles. The van der Waals surface area contributed by atoms with Crippen molar-refractivity contribution < 1.29 is 5.11 Å². The Kier molecular flexibility index (Phi) is 4.35. The molecule has 3 nitrogen and oxygen atoms in total. The molecule has 106 valence electrons. The van der Waals surface area contributed by atoms with Gasteiger partial charge in [-0.2, -0.15) is 0 Å². The second-order valence-corrected chi connectivity index (χ2v) is 7.09. The third-order valence-electron chi connectivity index (χ3n) is 4.79. The molecule has 1 aliphatic carbocycles. The molecule has 18 heavy (non-hydrogen) atoms. The number of likely N-dealkylation sites (tertiary alicyclic amines) is 1. The van der Waals surface area contributed by atoms with Gasteiger partial charge in [0, 0.05) is 32.2 Å². The van der Waals surface area contributed by atoms with E-state index in [0.29, 0.717) is 5.41 Å². The number of nitrogens with zero attached hydrogens (tertiary/aromatic N) is 1. The van der Waals surface area contributed by atoms with E-state index >= 15 is 0 Å². The van der Waals surface area contributed by atoms with Crippen LogP contribution in [0.25, 0.3) is 0 Å². The van der Waals surface area contributed by atoms with Crippen molar-refractivity contribution in [3.63, 3.8) is 0 Å². The van der Waals surface area contributed by atoms with Crippen LogP contribution in [-0.4, -0.2) is 47.8 Å². The van der Waals surface area contributed by atoms with E-state index in [4.69, 9.17) is 0 Å². The van der Waals surface area contributed by atoms with E-state index in [-0.39, 0.29) is 0 Å². The standard InChI is InChI=1S/C15H30N2O/c1-4-14(2,11-16-13-5-6-13)12-17-9-7-15(3,18)8-10-17/h13,16,18H,4-12H2,1-3H3. The van der Waals surface area contributed by atoms with E-state index in [1.54, 1.807) is 0 Å². The van der Waals surface area contributed by atoms with Crippen molar-refractivity contribution in [3.8, 4) is 0 Å². The Morgan fingerprint density at radius 1 is 1.33 bits per heavy atom. The number of rotatable bonds is 6. The van der Waals surface area contributed by atoms with E-state index in [2.05, 4.69) is 24.1 Å². The number of nitrogens with one attached hydrogen (secondary N) is 1. The summed E-state index contributed by atoms with van der Waals surface area (Å²) in [5.41, 5.74) is -0.0445. The maximum atomic E-state index is 9.99. The van der Waals surface area contributed by atoms with E-state index in [1.165, 1.54) is 25.8 Å². The van der Waals surface area contributed by atoms with Gasteiger partial charge in [-0.05, 0) is 44.4 Å².